The number of methoxy groups -OCH3 is 1. The molecule has 3 N–H and O–H groups in total. The van der Waals surface area contributed by atoms with Crippen molar-refractivity contribution in [2.75, 3.05) is 84.2 Å². The Morgan fingerprint density at radius 3 is 1.97 bits per heavy atom. The summed E-state index contributed by atoms with van der Waals surface area (Å²) in [7, 11) is -18.3. The normalized spacial score (nSPS) is 16.2. The quantitative estimate of drug-likeness (QED) is 0.0134. The van der Waals surface area contributed by atoms with Crippen LogP contribution in [0.1, 0.15) is 89.0 Å². The van der Waals surface area contributed by atoms with E-state index in [1.165, 1.54) is 30.3 Å². The summed E-state index contributed by atoms with van der Waals surface area (Å²) in [5.41, 5.74) is 5.77. The molecule has 105 heavy (non-hydrogen) atoms. The molecular formula is C75H85N7O19S4-2. The molecule has 0 saturated carbocycles. The number of carbonyl (C=O) groups is 3. The van der Waals surface area contributed by atoms with Crippen LogP contribution in [0.15, 0.2) is 183 Å². The van der Waals surface area contributed by atoms with Gasteiger partial charge in [-0.3, -0.25) is 14.5 Å². The zero-order valence-electron chi connectivity index (χ0n) is 59.3. The number of allylic oxidation sites excluding steroid dienone is 6. The number of likely N-dealkylation sites (N-methyl/N-ethyl adjacent to an activating group) is 1. The van der Waals surface area contributed by atoms with Crippen LogP contribution in [0.2, 0.25) is 0 Å². The molecule has 7 aromatic rings. The van der Waals surface area contributed by atoms with E-state index in [1.807, 2.05) is 105 Å². The first kappa shape index (κ1) is 78.8. The molecule has 1 saturated heterocycles. The van der Waals surface area contributed by atoms with Gasteiger partial charge in [0.15, 0.2) is 11.8 Å². The minimum Gasteiger partial charge on any atom is -0.744 e. The van der Waals surface area contributed by atoms with Crippen LogP contribution in [0.4, 0.5) is 16.2 Å². The molecule has 3 aliphatic rings. The van der Waals surface area contributed by atoms with Crippen molar-refractivity contribution in [2.24, 2.45) is 5.90 Å². The van der Waals surface area contributed by atoms with E-state index in [2.05, 4.69) is 20.0 Å². The summed E-state index contributed by atoms with van der Waals surface area (Å²) in [6.45, 7) is 14.6. The second-order valence-corrected chi connectivity index (χ2v) is 32.6. The Balaban J connectivity index is 0.761. The number of benzene rings is 7. The number of anilines is 1. The third-order valence-corrected chi connectivity index (χ3v) is 23.5. The maximum atomic E-state index is 14.4. The molecule has 30 heteroatoms. The van der Waals surface area contributed by atoms with Gasteiger partial charge in [-0.05, 0) is 158 Å². The van der Waals surface area contributed by atoms with Gasteiger partial charge in [0.05, 0.1) is 51.9 Å². The number of amides is 2. The molecule has 1 atom stereocenters. The summed E-state index contributed by atoms with van der Waals surface area (Å²) >= 11 is 0. The lowest BCUT2D eigenvalue weighted by Crippen LogP contribution is -2.49. The van der Waals surface area contributed by atoms with E-state index in [4.69, 9.17) is 24.9 Å². The number of fused-ring (bicyclic) bond motifs is 6. The number of nitrogens with zero attached hydrogens (tertiary/aromatic N) is 5. The minimum atomic E-state index is -5.28. The summed E-state index contributed by atoms with van der Waals surface area (Å²) in [5.74, 6) is 4.82. The van der Waals surface area contributed by atoms with Crippen LogP contribution in [0.3, 0.4) is 0 Å². The highest BCUT2D eigenvalue weighted by molar-refractivity contribution is 7.89. The summed E-state index contributed by atoms with van der Waals surface area (Å²) in [5, 5.41) is 4.10. The summed E-state index contributed by atoms with van der Waals surface area (Å²) in [6, 6.07) is 32.0. The highest BCUT2D eigenvalue weighted by Crippen LogP contribution is 2.52. The highest BCUT2D eigenvalue weighted by Gasteiger charge is 2.47. The number of sulfonamides is 1. The van der Waals surface area contributed by atoms with Gasteiger partial charge in [-0.25, -0.2) is 43.3 Å². The molecule has 560 valence electrons. The van der Waals surface area contributed by atoms with E-state index in [0.717, 1.165) is 45.2 Å². The second kappa shape index (κ2) is 32.9. The largest absolute Gasteiger partial charge is 0.744 e. The van der Waals surface area contributed by atoms with Gasteiger partial charge in [-0.1, -0.05) is 97.2 Å². The molecule has 3 aliphatic heterocycles. The number of hydrogen-bond acceptors (Lipinski definition) is 22. The minimum absolute atomic E-state index is 0.0186. The maximum Gasteiger partial charge on any atom is 0.407 e. The smallest absolute Gasteiger partial charge is 0.407 e. The molecule has 26 nitrogen and oxygen atoms in total. The average molecular weight is 1520 g/mol. The second-order valence-electron chi connectivity index (χ2n) is 26.7. The van der Waals surface area contributed by atoms with Crippen molar-refractivity contribution in [1.82, 2.24) is 19.6 Å². The maximum absolute atomic E-state index is 14.4. The summed E-state index contributed by atoms with van der Waals surface area (Å²) in [6.07, 6.45) is 10.3. The third-order valence-electron chi connectivity index (χ3n) is 19.3. The van der Waals surface area contributed by atoms with E-state index in [9.17, 15) is 61.7 Å². The Morgan fingerprint density at radius 2 is 1.33 bits per heavy atom. The monoisotopic (exact) mass is 1520 g/mol. The van der Waals surface area contributed by atoms with Crippen molar-refractivity contribution >= 4 is 97.0 Å². The Bertz CT molecular complexity index is 5020. The number of rotatable bonds is 31. The molecule has 1 fully saturated rings. The fourth-order valence-corrected chi connectivity index (χ4v) is 17.3. The zero-order valence-corrected chi connectivity index (χ0v) is 62.6. The van der Waals surface area contributed by atoms with Crippen LogP contribution >= 0.6 is 0 Å². The molecule has 0 bridgehead atoms. The number of piperazine rings is 1. The van der Waals surface area contributed by atoms with Crippen LogP contribution in [0.5, 0.6) is 5.75 Å². The van der Waals surface area contributed by atoms with Gasteiger partial charge in [0, 0.05) is 98.5 Å². The molecule has 3 heterocycles. The van der Waals surface area contributed by atoms with Crippen LogP contribution in [-0.4, -0.2) is 175 Å². The summed E-state index contributed by atoms with van der Waals surface area (Å²) < 4.78 is 160. The van der Waals surface area contributed by atoms with Crippen molar-refractivity contribution in [1.29, 1.82) is 0 Å². The van der Waals surface area contributed by atoms with Gasteiger partial charge in [0.1, 0.15) is 49.3 Å². The zero-order chi connectivity index (χ0) is 75.8. The first-order chi connectivity index (χ1) is 49.8. The first-order valence-electron chi connectivity index (χ1n) is 34.2. The predicted molar refractivity (Wildman–Crippen MR) is 391 cm³/mol. The van der Waals surface area contributed by atoms with E-state index < -0.39 is 79.1 Å². The molecule has 0 aromatic heterocycles. The van der Waals surface area contributed by atoms with Crippen molar-refractivity contribution in [2.45, 2.75) is 117 Å². The number of carbonyl (C=O) groups excluding carboxylic acids is 3. The number of nitrogens with two attached hydrogens (primary N) is 1. The Hall–Kier alpha value is -8.76. The first-order valence-corrected chi connectivity index (χ1v) is 39.9. The van der Waals surface area contributed by atoms with E-state index >= 15 is 0 Å². The van der Waals surface area contributed by atoms with Crippen LogP contribution < -0.4 is 20.9 Å². The number of alkyl carbamates (subject to hydrolysis) is 1. The lowest BCUT2D eigenvalue weighted by Gasteiger charge is -2.34. The molecule has 0 radical (unpaired) electrons. The third kappa shape index (κ3) is 17.9. The lowest BCUT2D eigenvalue weighted by atomic mass is 9.79. The predicted octanol–water partition coefficient (Wildman–Crippen LogP) is 9.33. The number of unbranched alkanes of at least 4 members (excludes halogenated alkanes) is 2. The number of ether oxygens (including phenoxy) is 3. The van der Waals surface area contributed by atoms with E-state index in [-0.39, 0.29) is 72.3 Å². The Labute approximate surface area is 612 Å². The lowest BCUT2D eigenvalue weighted by molar-refractivity contribution is -0.438. The van der Waals surface area contributed by atoms with Gasteiger partial charge < -0.3 is 47.8 Å². The molecular weight excluding hydrogens is 1430 g/mol. The molecule has 10 rings (SSSR count). The van der Waals surface area contributed by atoms with Crippen molar-refractivity contribution in [3.8, 4) is 16.9 Å². The molecule has 0 unspecified atom stereocenters. The molecule has 0 spiro atoms. The Kier molecular flexibility index (Phi) is 24.7. The number of aryl methyl sites for hydroxylation is 1. The van der Waals surface area contributed by atoms with Crippen LogP contribution in [0, 0.1) is 6.92 Å². The van der Waals surface area contributed by atoms with Crippen molar-refractivity contribution in [3.63, 3.8) is 0 Å². The Morgan fingerprint density at radius 1 is 0.686 bits per heavy atom. The van der Waals surface area contributed by atoms with Gasteiger partial charge in [0.25, 0.3) is 10.0 Å². The van der Waals surface area contributed by atoms with Crippen molar-refractivity contribution in [3.05, 3.63) is 186 Å². The van der Waals surface area contributed by atoms with Crippen molar-refractivity contribution < 1.29 is 90.2 Å². The van der Waals surface area contributed by atoms with E-state index in [1.54, 1.807) is 68.6 Å². The number of nitrogens with one attached hydrogen (secondary N) is 1. The average Bonchev–Trinajstić information content (AvgIpc) is 1.59. The van der Waals surface area contributed by atoms with Gasteiger partial charge in [-0.15, -0.1) is 0 Å². The standard InChI is InChI=1S/C75H87N7O19S4/c1-8-80-63-33-31-59-51(2)46-57(103(88,89)90)47-61(59)70(63)74(3,4)67(80)20-14-10-15-21-68-75(5,6)71-62-48-58(104(91,92)93)49-66(105(94,95)96)60(62)32-34-64(71)81(68)37-17-11-16-22-69(83)79-40-38-78(39-41-79)42-43-98-44-45-100-82(65(72(84)101-76)35-36-77-73(85)99-50-52-18-12-9-13-19-52)102(86,87)56-29-25-54(26-30-56)53-23-27-55(97-7)28-24-53/h9-10,12-15,18-21,23-34,46-49,65H,8,11,16-17,22,35-45,50,76H2,1-7H3,(H3-,77,85,88,89,90,91,92,93,94,95,96)/p-2/t65-/m1/s1. The van der Waals surface area contributed by atoms with Gasteiger partial charge in [0.2, 0.25) is 11.6 Å². The van der Waals surface area contributed by atoms with Gasteiger partial charge in [-0.2, -0.15) is 10.5 Å². The van der Waals surface area contributed by atoms with E-state index in [0.29, 0.717) is 109 Å². The molecule has 2 amide bonds. The number of hydroxylamine groups is 1. The topological polar surface area (TPSA) is 357 Å². The van der Waals surface area contributed by atoms with Crippen LogP contribution in [0.25, 0.3) is 32.7 Å². The fourth-order valence-electron chi connectivity index (χ4n) is 14.0. The highest BCUT2D eigenvalue weighted by atomic mass is 32.2. The summed E-state index contributed by atoms with van der Waals surface area (Å²) in [4.78, 5) is 54.0. The number of hydrogen-bond donors (Lipinski definition) is 2. The van der Waals surface area contributed by atoms with Gasteiger partial charge >= 0.3 is 12.1 Å². The fraction of sp³-hybridized carbons (Fsp3) is 0.360. The molecule has 0 aliphatic carbocycles. The van der Waals surface area contributed by atoms with Crippen LogP contribution in [-0.2, 0) is 86.6 Å². The molecule has 7 aromatic carbocycles. The SMILES string of the molecule is CCN1C(=CC=CC=CC2=[N+](CCCCCC(=O)N3CCN(CCOCCON([C@H](CCNC(=O)OCc4ccccc4)C(=O)ON)S(=O)(=O)c4ccc(-c5ccc(OC)cc5)cc4)CC3)c3ccc4c(S(=O)(=O)[O-])cc(S(=O)(=O)[O-])cc4c3C2(C)C)C(C)(C)c2c1ccc1c(C)cc(S(=O)(=O)[O-])cc21.